The van der Waals surface area contributed by atoms with Crippen LogP contribution in [0.4, 0.5) is 5.82 Å². The predicted molar refractivity (Wildman–Crippen MR) is 67.9 cm³/mol. The van der Waals surface area contributed by atoms with E-state index in [4.69, 9.17) is 10.9 Å². The normalized spacial score (nSPS) is 15.7. The van der Waals surface area contributed by atoms with E-state index >= 15 is 0 Å². The van der Waals surface area contributed by atoms with Crippen molar-refractivity contribution < 1.29 is 5.21 Å². The quantitative estimate of drug-likeness (QED) is 0.329. The highest BCUT2D eigenvalue weighted by Crippen LogP contribution is 2.29. The number of hydrogen-bond acceptors (Lipinski definition) is 5. The lowest BCUT2D eigenvalue weighted by Crippen LogP contribution is -2.36. The van der Waals surface area contributed by atoms with Gasteiger partial charge in [-0.1, -0.05) is 5.16 Å². The average Bonchev–Trinajstić information content (AvgIpc) is 3.18. The van der Waals surface area contributed by atoms with Crippen molar-refractivity contribution in [3.8, 4) is 0 Å². The van der Waals surface area contributed by atoms with Gasteiger partial charge < -0.3 is 20.4 Å². The summed E-state index contributed by atoms with van der Waals surface area (Å²) >= 11 is 0. The zero-order chi connectivity index (χ0) is 13.1. The third-order valence-corrected chi connectivity index (χ3v) is 3.00. The molecule has 1 heterocycles. The molecule has 1 aliphatic rings. The van der Waals surface area contributed by atoms with Crippen molar-refractivity contribution >= 4 is 11.7 Å². The fraction of sp³-hybridized carbons (Fsp3) is 0.545. The Morgan fingerprint density at radius 1 is 1.72 bits per heavy atom. The van der Waals surface area contributed by atoms with Crippen LogP contribution in [-0.4, -0.2) is 33.2 Å². The Morgan fingerprint density at radius 3 is 3.06 bits per heavy atom. The van der Waals surface area contributed by atoms with Crippen molar-refractivity contribution in [3.05, 3.63) is 22.7 Å². The number of hydrogen-bond donors (Lipinski definition) is 2. The van der Waals surface area contributed by atoms with Crippen LogP contribution in [0.25, 0.3) is 0 Å². The van der Waals surface area contributed by atoms with E-state index in [2.05, 4.69) is 10.1 Å². The van der Waals surface area contributed by atoms with Crippen LogP contribution < -0.4 is 16.2 Å². The van der Waals surface area contributed by atoms with Crippen molar-refractivity contribution in [2.24, 2.45) is 17.9 Å². The molecule has 3 N–H and O–H groups in total. The van der Waals surface area contributed by atoms with E-state index in [0.29, 0.717) is 24.8 Å². The Kier molecular flexibility index (Phi) is 3.50. The number of rotatable bonds is 5. The van der Waals surface area contributed by atoms with Gasteiger partial charge in [0, 0.05) is 38.4 Å². The van der Waals surface area contributed by atoms with E-state index < -0.39 is 0 Å². The summed E-state index contributed by atoms with van der Waals surface area (Å²) in [6, 6.07) is 0.346. The minimum absolute atomic E-state index is 0.121. The molecule has 0 spiro atoms. The van der Waals surface area contributed by atoms with Crippen molar-refractivity contribution in [1.29, 1.82) is 0 Å². The minimum atomic E-state index is -0.121. The van der Waals surface area contributed by atoms with Gasteiger partial charge >= 0.3 is 0 Å². The Labute approximate surface area is 105 Å². The smallest absolute Gasteiger partial charge is 0.293 e. The zero-order valence-corrected chi connectivity index (χ0v) is 10.3. The number of anilines is 1. The predicted octanol–water partition coefficient (Wildman–Crippen LogP) is -0.114. The number of nitrogens with two attached hydrogens (primary N) is 1. The lowest BCUT2D eigenvalue weighted by Gasteiger charge is -2.22. The molecule has 7 heteroatoms. The highest BCUT2D eigenvalue weighted by molar-refractivity contribution is 5.80. The molecule has 1 fully saturated rings. The molecule has 1 aromatic rings. The maximum absolute atomic E-state index is 12.0. The first-order chi connectivity index (χ1) is 8.63. The monoisotopic (exact) mass is 251 g/mol. The Bertz CT molecular complexity index is 506. The number of nitrogens with zero attached hydrogens (tertiary/aromatic N) is 4. The molecule has 0 saturated heterocycles. The molecule has 18 heavy (non-hydrogen) atoms. The largest absolute Gasteiger partial charge is 0.409 e. The molecule has 2 rings (SSSR count). The Hall–Kier alpha value is -2.05. The maximum atomic E-state index is 12.0. The summed E-state index contributed by atoms with van der Waals surface area (Å²) in [6.07, 6.45) is 5.74. The van der Waals surface area contributed by atoms with Crippen LogP contribution in [0.2, 0.25) is 0 Å². The molecular weight excluding hydrogens is 234 g/mol. The van der Waals surface area contributed by atoms with Gasteiger partial charge in [-0.25, -0.2) is 4.98 Å². The number of aryl methyl sites for hydroxylation is 1. The highest BCUT2D eigenvalue weighted by atomic mass is 16.4. The minimum Gasteiger partial charge on any atom is -0.409 e. The lowest BCUT2D eigenvalue weighted by atomic mass is 10.3. The molecule has 0 bridgehead atoms. The molecular formula is C11H17N5O2. The number of oxime groups is 1. The SMILES string of the molecule is Cn1ccnc(N(CCC(N)=NO)C2CC2)c1=O. The summed E-state index contributed by atoms with van der Waals surface area (Å²) in [5, 5.41) is 11.5. The van der Waals surface area contributed by atoms with E-state index in [1.165, 1.54) is 4.57 Å². The second-order valence-electron chi connectivity index (χ2n) is 4.43. The van der Waals surface area contributed by atoms with Gasteiger partial charge in [0.1, 0.15) is 5.84 Å². The van der Waals surface area contributed by atoms with Crippen LogP contribution in [0.3, 0.4) is 0 Å². The maximum Gasteiger partial charge on any atom is 0.293 e. The third-order valence-electron chi connectivity index (χ3n) is 3.00. The highest BCUT2D eigenvalue weighted by Gasteiger charge is 2.31. The van der Waals surface area contributed by atoms with Crippen LogP contribution in [0.5, 0.6) is 0 Å². The van der Waals surface area contributed by atoms with Crippen molar-refractivity contribution in [1.82, 2.24) is 9.55 Å². The molecule has 0 aromatic carbocycles. The number of aromatic nitrogens is 2. The lowest BCUT2D eigenvalue weighted by molar-refractivity contribution is 0.317. The van der Waals surface area contributed by atoms with Gasteiger partial charge in [0.05, 0.1) is 0 Å². The first kappa shape index (κ1) is 12.4. The molecule has 1 saturated carbocycles. The summed E-state index contributed by atoms with van der Waals surface area (Å²) < 4.78 is 1.50. The van der Waals surface area contributed by atoms with Crippen molar-refractivity contribution in [2.45, 2.75) is 25.3 Å². The third kappa shape index (κ3) is 2.61. The van der Waals surface area contributed by atoms with Gasteiger partial charge in [0.25, 0.3) is 5.56 Å². The van der Waals surface area contributed by atoms with E-state index in [9.17, 15) is 4.79 Å². The fourth-order valence-electron chi connectivity index (χ4n) is 1.81. The van der Waals surface area contributed by atoms with E-state index in [1.54, 1.807) is 19.4 Å². The van der Waals surface area contributed by atoms with Crippen LogP contribution in [-0.2, 0) is 7.05 Å². The van der Waals surface area contributed by atoms with Crippen LogP contribution in [0, 0.1) is 0 Å². The van der Waals surface area contributed by atoms with Crippen molar-refractivity contribution in [3.63, 3.8) is 0 Å². The molecule has 0 aliphatic heterocycles. The van der Waals surface area contributed by atoms with Gasteiger partial charge in [0.2, 0.25) is 0 Å². The molecule has 0 radical (unpaired) electrons. The molecule has 98 valence electrons. The second kappa shape index (κ2) is 5.07. The first-order valence-corrected chi connectivity index (χ1v) is 5.88. The van der Waals surface area contributed by atoms with Crippen LogP contribution in [0.1, 0.15) is 19.3 Å². The molecule has 1 aliphatic carbocycles. The van der Waals surface area contributed by atoms with Crippen LogP contribution in [0.15, 0.2) is 22.3 Å². The van der Waals surface area contributed by atoms with Crippen LogP contribution >= 0.6 is 0 Å². The summed E-state index contributed by atoms with van der Waals surface area (Å²) in [4.78, 5) is 18.1. The summed E-state index contributed by atoms with van der Waals surface area (Å²) in [5.74, 6) is 0.599. The fourth-order valence-corrected chi connectivity index (χ4v) is 1.81. The van der Waals surface area contributed by atoms with E-state index in [-0.39, 0.29) is 11.4 Å². The van der Waals surface area contributed by atoms with Gasteiger partial charge in [-0.05, 0) is 12.8 Å². The topological polar surface area (TPSA) is 96.7 Å². The zero-order valence-electron chi connectivity index (χ0n) is 10.3. The molecule has 0 unspecified atom stereocenters. The Balaban J connectivity index is 2.19. The van der Waals surface area contributed by atoms with Gasteiger partial charge in [-0.3, -0.25) is 4.79 Å². The second-order valence-corrected chi connectivity index (χ2v) is 4.43. The van der Waals surface area contributed by atoms with E-state index in [1.807, 2.05) is 4.90 Å². The van der Waals surface area contributed by atoms with Gasteiger partial charge in [-0.2, -0.15) is 0 Å². The first-order valence-electron chi connectivity index (χ1n) is 5.88. The average molecular weight is 251 g/mol. The molecule has 0 amide bonds. The summed E-state index contributed by atoms with van der Waals surface area (Å²) in [6.45, 7) is 0.535. The molecule has 0 atom stereocenters. The summed E-state index contributed by atoms with van der Waals surface area (Å²) in [7, 11) is 1.70. The Morgan fingerprint density at radius 2 is 2.44 bits per heavy atom. The standard InChI is InChI=1S/C11H17N5O2/c1-15-7-5-13-10(11(15)17)16(8-2-3-8)6-4-9(12)14-18/h5,7-8,18H,2-4,6H2,1H3,(H2,12,14). The van der Waals surface area contributed by atoms with Gasteiger partial charge in [-0.15, -0.1) is 0 Å². The van der Waals surface area contributed by atoms with Gasteiger partial charge in [0.15, 0.2) is 5.82 Å². The number of amidine groups is 1. The van der Waals surface area contributed by atoms with Crippen molar-refractivity contribution in [2.75, 3.05) is 11.4 Å². The summed E-state index contributed by atoms with van der Waals surface area (Å²) in [5.41, 5.74) is 5.34. The molecule has 7 nitrogen and oxygen atoms in total. The van der Waals surface area contributed by atoms with E-state index in [0.717, 1.165) is 12.8 Å². The molecule has 1 aromatic heterocycles.